The zero-order valence-corrected chi connectivity index (χ0v) is 9.36. The first-order chi connectivity index (χ1) is 6.47. The van der Waals surface area contributed by atoms with Gasteiger partial charge < -0.3 is 15.7 Å². The van der Waals surface area contributed by atoms with Crippen LogP contribution in [-0.2, 0) is 4.79 Å². The smallest absolute Gasteiger partial charge is 0.320 e. The van der Waals surface area contributed by atoms with E-state index >= 15 is 0 Å². The lowest BCUT2D eigenvalue weighted by Gasteiger charge is -2.23. The molecule has 0 spiro atoms. The van der Waals surface area contributed by atoms with Crippen LogP contribution in [0.3, 0.4) is 0 Å². The first-order valence-electron chi connectivity index (χ1n) is 5.18. The van der Waals surface area contributed by atoms with Crippen molar-refractivity contribution in [3.63, 3.8) is 0 Å². The van der Waals surface area contributed by atoms with Gasteiger partial charge in [0.05, 0.1) is 0 Å². The van der Waals surface area contributed by atoms with Crippen LogP contribution >= 0.6 is 0 Å². The van der Waals surface area contributed by atoms with Gasteiger partial charge in [-0.15, -0.1) is 0 Å². The molecular weight excluding hydrogens is 180 g/mol. The average molecular weight is 202 g/mol. The fraction of sp³-hybridized carbons (Fsp3) is 0.900. The molecule has 84 valence electrons. The van der Waals surface area contributed by atoms with E-state index in [4.69, 9.17) is 10.8 Å². The Kier molecular flexibility index (Phi) is 6.49. The number of hydrogen-bond acceptors (Lipinski definition) is 3. The summed E-state index contributed by atoms with van der Waals surface area (Å²) in [5.74, 6) is -0.304. The molecule has 14 heavy (non-hydrogen) atoms. The first kappa shape index (κ1) is 13.4. The van der Waals surface area contributed by atoms with Crippen LogP contribution in [0.4, 0.5) is 0 Å². The van der Waals surface area contributed by atoms with Crippen molar-refractivity contribution in [2.45, 2.75) is 33.2 Å². The third kappa shape index (κ3) is 5.94. The number of hydrogen-bond donors (Lipinski definition) is 2. The lowest BCUT2D eigenvalue weighted by Crippen LogP contribution is -2.36. The molecule has 0 aromatic rings. The van der Waals surface area contributed by atoms with E-state index in [0.29, 0.717) is 12.3 Å². The van der Waals surface area contributed by atoms with E-state index in [1.54, 1.807) is 0 Å². The Morgan fingerprint density at radius 3 is 2.43 bits per heavy atom. The van der Waals surface area contributed by atoms with Crippen LogP contribution in [0.25, 0.3) is 0 Å². The number of nitrogens with two attached hydrogens (primary N) is 1. The van der Waals surface area contributed by atoms with Gasteiger partial charge in [0.2, 0.25) is 0 Å². The van der Waals surface area contributed by atoms with Gasteiger partial charge in [0.15, 0.2) is 0 Å². The highest BCUT2D eigenvalue weighted by Crippen LogP contribution is 2.00. The zero-order valence-electron chi connectivity index (χ0n) is 9.36. The maximum atomic E-state index is 10.5. The van der Waals surface area contributed by atoms with Gasteiger partial charge in [-0.2, -0.15) is 0 Å². The summed E-state index contributed by atoms with van der Waals surface area (Å²) in [5, 5.41) is 8.61. The molecule has 1 unspecified atom stereocenters. The summed E-state index contributed by atoms with van der Waals surface area (Å²) in [5.41, 5.74) is 5.42. The van der Waals surface area contributed by atoms with E-state index in [1.165, 1.54) is 0 Å². The molecule has 4 nitrogen and oxygen atoms in total. The highest BCUT2D eigenvalue weighted by molar-refractivity contribution is 5.72. The number of rotatable bonds is 7. The van der Waals surface area contributed by atoms with E-state index in [9.17, 15) is 4.79 Å². The van der Waals surface area contributed by atoms with E-state index in [1.807, 2.05) is 0 Å². The molecule has 0 aliphatic carbocycles. The molecule has 0 heterocycles. The van der Waals surface area contributed by atoms with Gasteiger partial charge in [0.25, 0.3) is 0 Å². The minimum atomic E-state index is -0.911. The number of carbonyl (C=O) groups is 1. The zero-order chi connectivity index (χ0) is 11.1. The Labute approximate surface area is 86.1 Å². The lowest BCUT2D eigenvalue weighted by atomic mass is 10.1. The summed E-state index contributed by atoms with van der Waals surface area (Å²) in [6.07, 6.45) is 0.524. The molecule has 0 saturated carbocycles. The molecule has 0 aliphatic heterocycles. The van der Waals surface area contributed by atoms with E-state index < -0.39 is 12.0 Å². The van der Waals surface area contributed by atoms with Crippen molar-refractivity contribution >= 4 is 5.97 Å². The quantitative estimate of drug-likeness (QED) is 0.640. The molecule has 0 amide bonds. The lowest BCUT2D eigenvalue weighted by molar-refractivity contribution is -0.138. The van der Waals surface area contributed by atoms with Crippen molar-refractivity contribution in [1.29, 1.82) is 0 Å². The summed E-state index contributed by atoms with van der Waals surface area (Å²) in [6, 6.07) is -0.726. The average Bonchev–Trinajstić information content (AvgIpc) is 2.10. The summed E-state index contributed by atoms with van der Waals surface area (Å²) in [6.45, 7) is 9.10. The molecule has 0 saturated heterocycles. The van der Waals surface area contributed by atoms with Crippen molar-refractivity contribution in [1.82, 2.24) is 4.90 Å². The third-order valence-corrected chi connectivity index (χ3v) is 2.14. The SMILES string of the molecule is CCN(CCC(N)C(=O)O)CC(C)C. The highest BCUT2D eigenvalue weighted by Gasteiger charge is 2.13. The predicted molar refractivity (Wildman–Crippen MR) is 57.2 cm³/mol. The van der Waals surface area contributed by atoms with Gasteiger partial charge in [0.1, 0.15) is 6.04 Å². The van der Waals surface area contributed by atoms with E-state index in [2.05, 4.69) is 25.7 Å². The molecule has 0 aliphatic rings. The summed E-state index contributed by atoms with van der Waals surface area (Å²) < 4.78 is 0. The molecule has 0 rings (SSSR count). The van der Waals surface area contributed by atoms with Crippen LogP contribution in [0.1, 0.15) is 27.2 Å². The molecular formula is C10H22N2O2. The second-order valence-corrected chi connectivity index (χ2v) is 4.02. The van der Waals surface area contributed by atoms with Gasteiger partial charge in [-0.25, -0.2) is 0 Å². The van der Waals surface area contributed by atoms with Gasteiger partial charge in [-0.3, -0.25) is 4.79 Å². The minimum absolute atomic E-state index is 0.524. The van der Waals surface area contributed by atoms with Crippen LogP contribution in [0.2, 0.25) is 0 Å². The van der Waals surface area contributed by atoms with Gasteiger partial charge in [-0.05, 0) is 18.9 Å². The van der Waals surface area contributed by atoms with Gasteiger partial charge >= 0.3 is 5.97 Å². The monoisotopic (exact) mass is 202 g/mol. The van der Waals surface area contributed by atoms with Crippen molar-refractivity contribution in [3.05, 3.63) is 0 Å². The Morgan fingerprint density at radius 2 is 2.07 bits per heavy atom. The Morgan fingerprint density at radius 1 is 1.50 bits per heavy atom. The molecule has 0 aromatic carbocycles. The molecule has 0 aromatic heterocycles. The number of carboxylic acids is 1. The summed E-state index contributed by atoms with van der Waals surface area (Å²) in [7, 11) is 0. The predicted octanol–water partition coefficient (Wildman–Crippen LogP) is 0.766. The van der Waals surface area contributed by atoms with Gasteiger partial charge in [-0.1, -0.05) is 20.8 Å². The van der Waals surface area contributed by atoms with Crippen LogP contribution in [0, 0.1) is 5.92 Å². The normalized spacial score (nSPS) is 13.6. The first-order valence-corrected chi connectivity index (χ1v) is 5.18. The number of nitrogens with zero attached hydrogens (tertiary/aromatic N) is 1. The molecule has 4 heteroatoms. The number of carboxylic acid groups (broad SMARTS) is 1. The van der Waals surface area contributed by atoms with Crippen LogP contribution in [0.5, 0.6) is 0 Å². The highest BCUT2D eigenvalue weighted by atomic mass is 16.4. The van der Waals surface area contributed by atoms with Crippen LogP contribution < -0.4 is 5.73 Å². The molecule has 3 N–H and O–H groups in total. The molecule has 0 fully saturated rings. The summed E-state index contributed by atoms with van der Waals surface area (Å²) >= 11 is 0. The number of aliphatic carboxylic acids is 1. The van der Waals surface area contributed by atoms with Crippen molar-refractivity contribution in [2.75, 3.05) is 19.6 Å². The Hall–Kier alpha value is -0.610. The largest absolute Gasteiger partial charge is 0.480 e. The third-order valence-electron chi connectivity index (χ3n) is 2.14. The fourth-order valence-electron chi connectivity index (χ4n) is 1.34. The molecule has 0 radical (unpaired) electrons. The second kappa shape index (κ2) is 6.79. The van der Waals surface area contributed by atoms with Crippen molar-refractivity contribution in [2.24, 2.45) is 11.7 Å². The van der Waals surface area contributed by atoms with Gasteiger partial charge in [0, 0.05) is 13.1 Å². The Bertz CT molecular complexity index is 172. The van der Waals surface area contributed by atoms with E-state index in [-0.39, 0.29) is 0 Å². The van der Waals surface area contributed by atoms with Crippen LogP contribution in [-0.4, -0.2) is 41.7 Å². The van der Waals surface area contributed by atoms with Crippen molar-refractivity contribution < 1.29 is 9.90 Å². The standard InChI is InChI=1S/C10H22N2O2/c1-4-12(7-8(2)3)6-5-9(11)10(13)14/h8-9H,4-7,11H2,1-3H3,(H,13,14). The van der Waals surface area contributed by atoms with Crippen molar-refractivity contribution in [3.8, 4) is 0 Å². The fourth-order valence-corrected chi connectivity index (χ4v) is 1.34. The summed E-state index contributed by atoms with van der Waals surface area (Å²) in [4.78, 5) is 12.7. The molecule has 0 bridgehead atoms. The maximum absolute atomic E-state index is 10.5. The Balaban J connectivity index is 3.77. The van der Waals surface area contributed by atoms with Crippen LogP contribution in [0.15, 0.2) is 0 Å². The maximum Gasteiger partial charge on any atom is 0.320 e. The minimum Gasteiger partial charge on any atom is -0.480 e. The van der Waals surface area contributed by atoms with E-state index in [0.717, 1.165) is 19.6 Å². The second-order valence-electron chi connectivity index (χ2n) is 4.02. The topological polar surface area (TPSA) is 66.6 Å². The molecule has 1 atom stereocenters.